The van der Waals surface area contributed by atoms with Crippen molar-refractivity contribution in [2.24, 2.45) is 0 Å². The third-order valence-electron chi connectivity index (χ3n) is 1.66. The van der Waals surface area contributed by atoms with Crippen LogP contribution in [0.15, 0.2) is 16.6 Å². The molecule has 2 N–H and O–H groups in total. The van der Waals surface area contributed by atoms with Crippen LogP contribution < -0.4 is 5.46 Å². The molecule has 0 amide bonds. The van der Waals surface area contributed by atoms with Crippen LogP contribution in [0.3, 0.4) is 0 Å². The molecule has 2 nitrogen and oxygen atoms in total. The maximum Gasteiger partial charge on any atom is 0.488 e. The Kier molecular flexibility index (Phi) is 2.87. The summed E-state index contributed by atoms with van der Waals surface area (Å²) in [6, 6.07) is 2.91. The van der Waals surface area contributed by atoms with E-state index in [1.165, 1.54) is 19.1 Å². The first kappa shape index (κ1) is 9.70. The van der Waals surface area contributed by atoms with Crippen molar-refractivity contribution in [3.8, 4) is 0 Å². The third-order valence-corrected chi connectivity index (χ3v) is 2.27. The zero-order valence-corrected chi connectivity index (χ0v) is 7.97. The summed E-state index contributed by atoms with van der Waals surface area (Å²) in [6.07, 6.45) is 0. The summed E-state index contributed by atoms with van der Waals surface area (Å²) in [4.78, 5) is 0. The normalized spacial score (nSPS) is 10.1. The van der Waals surface area contributed by atoms with Gasteiger partial charge in [0.2, 0.25) is 0 Å². The van der Waals surface area contributed by atoms with E-state index < -0.39 is 12.9 Å². The lowest BCUT2D eigenvalue weighted by Crippen LogP contribution is -2.32. The molecule has 1 aromatic carbocycles. The molecule has 0 aliphatic heterocycles. The van der Waals surface area contributed by atoms with Gasteiger partial charge in [-0.2, -0.15) is 0 Å². The van der Waals surface area contributed by atoms with E-state index in [9.17, 15) is 4.39 Å². The standard InChI is InChI=1S/C7H7BBrFO2/c1-4-5(8(11)12)2-3-6(9)7(4)10/h2-3,11-12H,1H3. The average Bonchev–Trinajstić information content (AvgIpc) is 2.00. The summed E-state index contributed by atoms with van der Waals surface area (Å²) in [6.45, 7) is 1.49. The van der Waals surface area contributed by atoms with Gasteiger partial charge in [-0.15, -0.1) is 0 Å². The summed E-state index contributed by atoms with van der Waals surface area (Å²) < 4.78 is 13.4. The number of rotatable bonds is 1. The molecule has 1 aromatic rings. The van der Waals surface area contributed by atoms with Crippen LogP contribution in [0.4, 0.5) is 4.39 Å². The molecule has 0 saturated carbocycles. The van der Waals surface area contributed by atoms with Crippen LogP contribution in [-0.4, -0.2) is 17.2 Å². The molecule has 0 aliphatic carbocycles. The van der Waals surface area contributed by atoms with Crippen LogP contribution in [0.25, 0.3) is 0 Å². The van der Waals surface area contributed by atoms with Crippen molar-refractivity contribution in [3.63, 3.8) is 0 Å². The van der Waals surface area contributed by atoms with Crippen LogP contribution in [0, 0.1) is 12.7 Å². The fourth-order valence-corrected chi connectivity index (χ4v) is 1.38. The molecule has 0 spiro atoms. The third kappa shape index (κ3) is 1.68. The van der Waals surface area contributed by atoms with E-state index in [1.807, 2.05) is 0 Å². The maximum atomic E-state index is 13.1. The molecule has 12 heavy (non-hydrogen) atoms. The highest BCUT2D eigenvalue weighted by Gasteiger charge is 2.17. The zero-order chi connectivity index (χ0) is 9.30. The first-order chi connectivity index (χ1) is 5.54. The molecular formula is C7H7BBrFO2. The van der Waals surface area contributed by atoms with Crippen LogP contribution in [-0.2, 0) is 0 Å². The van der Waals surface area contributed by atoms with E-state index in [0.717, 1.165) is 0 Å². The second kappa shape index (κ2) is 3.55. The summed E-state index contributed by atoms with van der Waals surface area (Å²) in [5.74, 6) is -0.458. The van der Waals surface area contributed by atoms with Crippen molar-refractivity contribution in [2.45, 2.75) is 6.92 Å². The molecule has 0 heterocycles. The van der Waals surface area contributed by atoms with Crippen molar-refractivity contribution in [3.05, 3.63) is 28.0 Å². The number of hydrogen-bond acceptors (Lipinski definition) is 2. The monoisotopic (exact) mass is 232 g/mol. The largest absolute Gasteiger partial charge is 0.488 e. The highest BCUT2D eigenvalue weighted by atomic mass is 79.9. The Labute approximate surface area is 78.3 Å². The summed E-state index contributed by atoms with van der Waals surface area (Å²) in [5, 5.41) is 17.6. The van der Waals surface area contributed by atoms with Crippen LogP contribution in [0.5, 0.6) is 0 Å². The van der Waals surface area contributed by atoms with E-state index in [2.05, 4.69) is 15.9 Å². The Bertz CT molecular complexity index is 304. The minimum Gasteiger partial charge on any atom is -0.423 e. The molecule has 1 rings (SSSR count). The average molecular weight is 233 g/mol. The van der Waals surface area contributed by atoms with Gasteiger partial charge in [-0.25, -0.2) is 4.39 Å². The topological polar surface area (TPSA) is 40.5 Å². The SMILES string of the molecule is Cc1c(B(O)O)ccc(Br)c1F. The Morgan fingerprint density at radius 1 is 1.42 bits per heavy atom. The lowest BCUT2D eigenvalue weighted by molar-refractivity contribution is 0.425. The summed E-state index contributed by atoms with van der Waals surface area (Å²) >= 11 is 2.99. The van der Waals surface area contributed by atoms with Gasteiger partial charge in [0.15, 0.2) is 0 Å². The van der Waals surface area contributed by atoms with Crippen molar-refractivity contribution in [1.29, 1.82) is 0 Å². The van der Waals surface area contributed by atoms with E-state index in [0.29, 0.717) is 4.47 Å². The lowest BCUT2D eigenvalue weighted by atomic mass is 9.77. The molecule has 0 unspecified atom stereocenters. The predicted molar refractivity (Wildman–Crippen MR) is 48.7 cm³/mol. The molecule has 0 bridgehead atoms. The summed E-state index contributed by atoms with van der Waals surface area (Å²) in [7, 11) is -1.62. The molecule has 0 fully saturated rings. The second-order valence-corrected chi connectivity index (χ2v) is 3.30. The lowest BCUT2D eigenvalue weighted by Gasteiger charge is -2.05. The molecule has 0 aliphatic rings. The molecule has 0 saturated heterocycles. The second-order valence-electron chi connectivity index (χ2n) is 2.45. The predicted octanol–water partition coefficient (Wildman–Crippen LogP) is 0.576. The minimum atomic E-state index is -1.62. The van der Waals surface area contributed by atoms with Gasteiger partial charge in [0, 0.05) is 0 Å². The molecule has 0 aromatic heterocycles. The molecular weight excluding hydrogens is 226 g/mol. The van der Waals surface area contributed by atoms with Gasteiger partial charge in [0.25, 0.3) is 0 Å². The Hall–Kier alpha value is -0.385. The van der Waals surface area contributed by atoms with Gasteiger partial charge >= 0.3 is 7.12 Å². The Morgan fingerprint density at radius 3 is 2.50 bits per heavy atom. The van der Waals surface area contributed by atoms with Crippen LogP contribution in [0.1, 0.15) is 5.56 Å². The number of halogens is 2. The van der Waals surface area contributed by atoms with Crippen molar-refractivity contribution in [2.75, 3.05) is 0 Å². The summed E-state index contributed by atoms with van der Waals surface area (Å²) in [5.41, 5.74) is 0.440. The maximum absolute atomic E-state index is 13.1. The quantitative estimate of drug-likeness (QED) is 0.696. The van der Waals surface area contributed by atoms with Crippen LogP contribution >= 0.6 is 15.9 Å². The zero-order valence-electron chi connectivity index (χ0n) is 6.38. The van der Waals surface area contributed by atoms with E-state index in [4.69, 9.17) is 10.0 Å². The van der Waals surface area contributed by atoms with Gasteiger partial charge < -0.3 is 10.0 Å². The molecule has 0 atom stereocenters. The number of benzene rings is 1. The Balaban J connectivity index is 3.27. The fraction of sp³-hybridized carbons (Fsp3) is 0.143. The first-order valence-corrected chi connectivity index (χ1v) is 4.14. The number of hydrogen-bond donors (Lipinski definition) is 2. The van der Waals surface area contributed by atoms with Gasteiger partial charge in [-0.1, -0.05) is 6.07 Å². The highest BCUT2D eigenvalue weighted by Crippen LogP contribution is 2.16. The van der Waals surface area contributed by atoms with Gasteiger partial charge in [-0.3, -0.25) is 0 Å². The fourth-order valence-electron chi connectivity index (χ4n) is 0.947. The van der Waals surface area contributed by atoms with Gasteiger partial charge in [0.05, 0.1) is 4.47 Å². The van der Waals surface area contributed by atoms with Gasteiger partial charge in [-0.05, 0) is 39.9 Å². The highest BCUT2D eigenvalue weighted by molar-refractivity contribution is 9.10. The van der Waals surface area contributed by atoms with E-state index in [-0.39, 0.29) is 11.0 Å². The van der Waals surface area contributed by atoms with Crippen LogP contribution in [0.2, 0.25) is 0 Å². The van der Waals surface area contributed by atoms with E-state index in [1.54, 1.807) is 0 Å². The Morgan fingerprint density at radius 2 is 2.00 bits per heavy atom. The minimum absolute atomic E-state index is 0.190. The molecule has 0 radical (unpaired) electrons. The molecule has 5 heteroatoms. The molecule has 64 valence electrons. The van der Waals surface area contributed by atoms with Crippen molar-refractivity contribution in [1.82, 2.24) is 0 Å². The first-order valence-electron chi connectivity index (χ1n) is 3.34. The van der Waals surface area contributed by atoms with Crippen molar-refractivity contribution >= 4 is 28.5 Å². The smallest absolute Gasteiger partial charge is 0.423 e. The van der Waals surface area contributed by atoms with E-state index >= 15 is 0 Å². The van der Waals surface area contributed by atoms with Crippen molar-refractivity contribution < 1.29 is 14.4 Å². The van der Waals surface area contributed by atoms with Gasteiger partial charge in [0.1, 0.15) is 5.82 Å².